The third-order valence-corrected chi connectivity index (χ3v) is 5.08. The molecule has 0 aliphatic carbocycles. The number of hydrogen-bond donors (Lipinski definition) is 0. The van der Waals surface area contributed by atoms with E-state index in [4.69, 9.17) is 0 Å². The van der Waals surface area contributed by atoms with Crippen molar-refractivity contribution in [1.29, 1.82) is 0 Å². The first kappa shape index (κ1) is 9.80. The van der Waals surface area contributed by atoms with Crippen molar-refractivity contribution in [3.05, 3.63) is 34.7 Å². The fraction of sp³-hybridized carbons (Fsp3) is 0.357. The standard InChI is InChI=1S/C14H13NOS/c16-14-10-5-3-7-15(10)8-12-13(14)9-4-1-2-6-11(9)17-12/h1-2,4,6,10H,3,5,7-8H2. The number of hydrogen-bond acceptors (Lipinski definition) is 3. The molecule has 0 bridgehead atoms. The Morgan fingerprint density at radius 1 is 1.29 bits per heavy atom. The van der Waals surface area contributed by atoms with E-state index >= 15 is 0 Å². The second-order valence-electron chi connectivity index (χ2n) is 4.89. The first-order valence-corrected chi connectivity index (χ1v) is 6.95. The number of nitrogens with zero attached hydrogens (tertiary/aromatic N) is 1. The van der Waals surface area contributed by atoms with Gasteiger partial charge >= 0.3 is 0 Å². The number of Topliss-reactive ketones (excluding diaryl/α,β-unsaturated/α-hetero) is 1. The highest BCUT2D eigenvalue weighted by molar-refractivity contribution is 7.19. The molecule has 1 aromatic carbocycles. The summed E-state index contributed by atoms with van der Waals surface area (Å²) in [6, 6.07) is 8.46. The van der Waals surface area contributed by atoms with Crippen molar-refractivity contribution in [3.8, 4) is 0 Å². The summed E-state index contributed by atoms with van der Waals surface area (Å²) in [7, 11) is 0. The highest BCUT2D eigenvalue weighted by atomic mass is 32.1. The molecule has 1 unspecified atom stereocenters. The van der Waals surface area contributed by atoms with Gasteiger partial charge in [0.2, 0.25) is 0 Å². The molecule has 0 saturated carbocycles. The molecule has 2 aliphatic rings. The average molecular weight is 243 g/mol. The van der Waals surface area contributed by atoms with Crippen LogP contribution in [0.15, 0.2) is 24.3 Å². The summed E-state index contributed by atoms with van der Waals surface area (Å²) in [5.41, 5.74) is 1.02. The number of carbonyl (C=O) groups is 1. The van der Waals surface area contributed by atoms with Crippen molar-refractivity contribution in [2.24, 2.45) is 0 Å². The minimum atomic E-state index is 0.167. The maximum absolute atomic E-state index is 12.5. The lowest BCUT2D eigenvalue weighted by Crippen LogP contribution is -2.39. The smallest absolute Gasteiger partial charge is 0.181 e. The van der Waals surface area contributed by atoms with E-state index in [1.165, 1.54) is 21.4 Å². The molecule has 3 heteroatoms. The maximum atomic E-state index is 12.5. The van der Waals surface area contributed by atoms with Gasteiger partial charge in [-0.25, -0.2) is 0 Å². The third-order valence-electron chi connectivity index (χ3n) is 3.93. The van der Waals surface area contributed by atoms with Gasteiger partial charge in [0.05, 0.1) is 6.04 Å². The van der Waals surface area contributed by atoms with Gasteiger partial charge in [-0.05, 0) is 25.5 Å². The molecule has 2 aromatic rings. The topological polar surface area (TPSA) is 20.3 Å². The SMILES string of the molecule is O=C1c2c(sc3ccccc23)CN2CCCC12. The quantitative estimate of drug-likeness (QED) is 0.708. The zero-order valence-corrected chi connectivity index (χ0v) is 10.3. The number of benzene rings is 1. The Labute approximate surface area is 104 Å². The van der Waals surface area contributed by atoms with Crippen LogP contribution in [0.5, 0.6) is 0 Å². The van der Waals surface area contributed by atoms with Crippen molar-refractivity contribution >= 4 is 27.2 Å². The van der Waals surface area contributed by atoms with E-state index in [0.717, 1.165) is 25.1 Å². The number of carbonyl (C=O) groups excluding carboxylic acids is 1. The second kappa shape index (κ2) is 3.40. The minimum absolute atomic E-state index is 0.167. The molecule has 3 heterocycles. The number of fused-ring (bicyclic) bond motifs is 4. The van der Waals surface area contributed by atoms with Crippen LogP contribution in [0.25, 0.3) is 10.1 Å². The van der Waals surface area contributed by atoms with Gasteiger partial charge in [-0.15, -0.1) is 11.3 Å². The predicted molar refractivity (Wildman–Crippen MR) is 69.6 cm³/mol. The van der Waals surface area contributed by atoms with Gasteiger partial charge in [-0.2, -0.15) is 0 Å². The van der Waals surface area contributed by atoms with Crippen LogP contribution in [-0.2, 0) is 6.54 Å². The second-order valence-corrected chi connectivity index (χ2v) is 6.03. The molecular weight excluding hydrogens is 230 g/mol. The minimum Gasteiger partial charge on any atom is -0.292 e. The Morgan fingerprint density at radius 2 is 2.18 bits per heavy atom. The average Bonchev–Trinajstić information content (AvgIpc) is 2.92. The largest absolute Gasteiger partial charge is 0.292 e. The van der Waals surface area contributed by atoms with E-state index in [0.29, 0.717) is 5.78 Å². The van der Waals surface area contributed by atoms with Gasteiger partial charge in [0.25, 0.3) is 0 Å². The van der Waals surface area contributed by atoms with Crippen molar-refractivity contribution in [2.45, 2.75) is 25.4 Å². The molecule has 17 heavy (non-hydrogen) atoms. The molecule has 2 aliphatic heterocycles. The monoisotopic (exact) mass is 243 g/mol. The highest BCUT2D eigenvalue weighted by Gasteiger charge is 2.38. The van der Waals surface area contributed by atoms with E-state index in [1.54, 1.807) is 11.3 Å². The van der Waals surface area contributed by atoms with E-state index in [2.05, 4.69) is 23.1 Å². The fourth-order valence-corrected chi connectivity index (χ4v) is 4.38. The zero-order chi connectivity index (χ0) is 11.4. The normalized spacial score (nSPS) is 24.0. The van der Waals surface area contributed by atoms with E-state index in [1.807, 2.05) is 6.07 Å². The molecule has 0 radical (unpaired) electrons. The van der Waals surface area contributed by atoms with Crippen molar-refractivity contribution in [2.75, 3.05) is 6.54 Å². The molecule has 4 rings (SSSR count). The molecule has 1 atom stereocenters. The fourth-order valence-electron chi connectivity index (χ4n) is 3.14. The van der Waals surface area contributed by atoms with Crippen LogP contribution in [0.1, 0.15) is 28.1 Å². The molecule has 1 fully saturated rings. The van der Waals surface area contributed by atoms with Crippen LogP contribution < -0.4 is 0 Å². The van der Waals surface area contributed by atoms with Crippen molar-refractivity contribution in [3.63, 3.8) is 0 Å². The van der Waals surface area contributed by atoms with Crippen LogP contribution >= 0.6 is 11.3 Å². The number of ketones is 1. The first-order chi connectivity index (χ1) is 8.34. The molecule has 1 saturated heterocycles. The molecule has 0 amide bonds. The summed E-state index contributed by atoms with van der Waals surface area (Å²) < 4.78 is 1.26. The van der Waals surface area contributed by atoms with Gasteiger partial charge in [0, 0.05) is 27.1 Å². The summed E-state index contributed by atoms with van der Waals surface area (Å²) in [6.07, 6.45) is 2.21. The Bertz CT molecular complexity index is 616. The maximum Gasteiger partial charge on any atom is 0.181 e. The Kier molecular flexibility index (Phi) is 1.96. The Balaban J connectivity index is 1.97. The Hall–Kier alpha value is -1.19. The Morgan fingerprint density at radius 3 is 3.12 bits per heavy atom. The van der Waals surface area contributed by atoms with E-state index < -0.39 is 0 Å². The zero-order valence-electron chi connectivity index (χ0n) is 9.48. The predicted octanol–water partition coefficient (Wildman–Crippen LogP) is 3.06. The molecule has 86 valence electrons. The third kappa shape index (κ3) is 1.27. The lowest BCUT2D eigenvalue weighted by molar-refractivity contribution is 0.0839. The highest BCUT2D eigenvalue weighted by Crippen LogP contribution is 2.39. The lowest BCUT2D eigenvalue weighted by Gasteiger charge is -2.28. The van der Waals surface area contributed by atoms with Crippen molar-refractivity contribution in [1.82, 2.24) is 4.90 Å². The van der Waals surface area contributed by atoms with Crippen LogP contribution in [0.2, 0.25) is 0 Å². The summed E-state index contributed by atoms with van der Waals surface area (Å²) >= 11 is 1.79. The summed E-state index contributed by atoms with van der Waals surface area (Å²) in [5, 5.41) is 1.17. The van der Waals surface area contributed by atoms with Gasteiger partial charge in [0.1, 0.15) is 0 Å². The lowest BCUT2D eigenvalue weighted by atomic mass is 9.96. The van der Waals surface area contributed by atoms with Gasteiger partial charge in [0.15, 0.2) is 5.78 Å². The number of rotatable bonds is 0. The van der Waals surface area contributed by atoms with E-state index in [9.17, 15) is 4.79 Å². The number of thiophene rings is 1. The molecular formula is C14H13NOS. The summed E-state index contributed by atoms with van der Waals surface area (Å²) in [4.78, 5) is 16.2. The molecule has 1 aromatic heterocycles. The van der Waals surface area contributed by atoms with Crippen molar-refractivity contribution < 1.29 is 4.79 Å². The molecule has 0 spiro atoms. The first-order valence-electron chi connectivity index (χ1n) is 6.13. The van der Waals surface area contributed by atoms with Gasteiger partial charge in [-0.1, -0.05) is 18.2 Å². The van der Waals surface area contributed by atoms with Gasteiger partial charge in [-0.3, -0.25) is 9.69 Å². The molecule has 2 nitrogen and oxygen atoms in total. The van der Waals surface area contributed by atoms with Crippen LogP contribution in [-0.4, -0.2) is 23.3 Å². The van der Waals surface area contributed by atoms with Crippen LogP contribution in [0, 0.1) is 0 Å². The van der Waals surface area contributed by atoms with E-state index in [-0.39, 0.29) is 6.04 Å². The van der Waals surface area contributed by atoms with Crippen LogP contribution in [0.3, 0.4) is 0 Å². The van der Waals surface area contributed by atoms with Gasteiger partial charge < -0.3 is 0 Å². The summed E-state index contributed by atoms with van der Waals surface area (Å²) in [6.45, 7) is 2.06. The van der Waals surface area contributed by atoms with Crippen LogP contribution in [0.4, 0.5) is 0 Å². The summed E-state index contributed by atoms with van der Waals surface area (Å²) in [5.74, 6) is 0.362. The molecule has 0 N–H and O–H groups in total.